The van der Waals surface area contributed by atoms with Crippen LogP contribution in [0.1, 0.15) is 75.0 Å². The van der Waals surface area contributed by atoms with Gasteiger partial charge >= 0.3 is 0 Å². The van der Waals surface area contributed by atoms with Gasteiger partial charge in [-0.15, -0.1) is 0 Å². The lowest BCUT2D eigenvalue weighted by atomic mass is 9.54. The second-order valence-corrected chi connectivity index (χ2v) is 10.6. The first-order valence-electron chi connectivity index (χ1n) is 13.0. The number of phenolic OH excluding ortho intramolecular Hbond substituents is 1. The third-order valence-corrected chi connectivity index (χ3v) is 9.37. The fourth-order valence-electron chi connectivity index (χ4n) is 8.10. The van der Waals surface area contributed by atoms with E-state index in [9.17, 15) is 9.90 Å². The maximum atomic E-state index is 13.7. The van der Waals surface area contributed by atoms with Gasteiger partial charge < -0.3 is 19.3 Å². The zero-order valence-corrected chi connectivity index (χ0v) is 21.3. The number of allylic oxidation sites excluding steroid dienone is 1. The predicted molar refractivity (Wildman–Crippen MR) is 141 cm³/mol. The first-order chi connectivity index (χ1) is 18.1. The quantitative estimate of drug-likeness (QED) is 0.476. The minimum atomic E-state index is -0.459. The molecule has 0 fully saturated rings. The van der Waals surface area contributed by atoms with Crippen LogP contribution in [0, 0.1) is 5.92 Å². The highest BCUT2D eigenvalue weighted by Gasteiger charge is 2.62. The highest BCUT2D eigenvalue weighted by Crippen LogP contribution is 2.70. The van der Waals surface area contributed by atoms with E-state index in [1.54, 1.807) is 21.3 Å². The summed E-state index contributed by atoms with van der Waals surface area (Å²) in [5.41, 5.74) is 8.09. The summed E-state index contributed by atoms with van der Waals surface area (Å²) in [5, 5.41) is 11.1. The van der Waals surface area contributed by atoms with Gasteiger partial charge in [0.2, 0.25) is 0 Å². The standard InChI is InChI=1S/C32H30O5/c1-35-25-8-4-6-19-18(25)11-10-17-16-24(34)29-21(7-5-9-26(29)36-2)32(17)22-13-15-27(37-3)30-23(33)14-12-20(28(22)30)31(19)32/h4-9,12-14,17,27,31,33H,10-11,15-16H2,1-3H3/t17-,27?,31?,32-/m1/s1. The predicted octanol–water partition coefficient (Wildman–Crippen LogP) is 6.12. The topological polar surface area (TPSA) is 65.0 Å². The van der Waals surface area contributed by atoms with Crippen molar-refractivity contribution in [1.82, 2.24) is 0 Å². The van der Waals surface area contributed by atoms with Gasteiger partial charge in [-0.25, -0.2) is 0 Å². The largest absolute Gasteiger partial charge is 0.508 e. The molecule has 0 saturated carbocycles. The molecule has 0 bridgehead atoms. The summed E-state index contributed by atoms with van der Waals surface area (Å²) >= 11 is 0. The lowest BCUT2D eigenvalue weighted by Crippen LogP contribution is -2.44. The fraction of sp³-hybridized carbons (Fsp3) is 0.344. The van der Waals surface area contributed by atoms with E-state index >= 15 is 0 Å². The van der Waals surface area contributed by atoms with Crippen LogP contribution in [0.15, 0.2) is 54.6 Å². The van der Waals surface area contributed by atoms with Gasteiger partial charge in [-0.1, -0.05) is 36.4 Å². The van der Waals surface area contributed by atoms with Crippen LogP contribution in [0.3, 0.4) is 0 Å². The number of hydrogen-bond donors (Lipinski definition) is 1. The summed E-state index contributed by atoms with van der Waals surface area (Å²) in [7, 11) is 5.07. The average molecular weight is 495 g/mol. The number of rotatable bonds is 3. The summed E-state index contributed by atoms with van der Waals surface area (Å²) in [6.07, 6.45) is 4.96. The van der Waals surface area contributed by atoms with Crippen molar-refractivity contribution >= 4 is 11.4 Å². The number of carbonyl (C=O) groups is 1. The number of phenols is 1. The Balaban J connectivity index is 1.65. The first-order valence-corrected chi connectivity index (χ1v) is 13.0. The van der Waals surface area contributed by atoms with Gasteiger partial charge in [0.15, 0.2) is 5.78 Å². The average Bonchev–Trinajstić information content (AvgIpc) is 3.13. The molecule has 7 rings (SSSR count). The second kappa shape index (κ2) is 7.96. The molecule has 4 aliphatic carbocycles. The monoisotopic (exact) mass is 494 g/mol. The van der Waals surface area contributed by atoms with Crippen molar-refractivity contribution in [3.63, 3.8) is 0 Å². The van der Waals surface area contributed by atoms with Gasteiger partial charge in [0.25, 0.3) is 0 Å². The minimum Gasteiger partial charge on any atom is -0.508 e. The zero-order valence-electron chi connectivity index (χ0n) is 21.3. The van der Waals surface area contributed by atoms with Gasteiger partial charge in [-0.2, -0.15) is 0 Å². The number of aromatic hydroxyl groups is 1. The minimum absolute atomic E-state index is 0.0275. The van der Waals surface area contributed by atoms with Crippen molar-refractivity contribution in [2.24, 2.45) is 5.92 Å². The fourth-order valence-corrected chi connectivity index (χ4v) is 8.10. The molecule has 2 unspecified atom stereocenters. The Bertz CT molecular complexity index is 1500. The molecule has 5 heteroatoms. The van der Waals surface area contributed by atoms with E-state index in [0.29, 0.717) is 24.2 Å². The Morgan fingerprint density at radius 2 is 1.70 bits per heavy atom. The molecule has 0 aliphatic heterocycles. The molecular weight excluding hydrogens is 464 g/mol. The van der Waals surface area contributed by atoms with E-state index in [-0.39, 0.29) is 29.5 Å². The van der Waals surface area contributed by atoms with E-state index in [0.717, 1.165) is 35.3 Å². The molecule has 0 aromatic heterocycles. The van der Waals surface area contributed by atoms with E-state index in [2.05, 4.69) is 30.3 Å². The van der Waals surface area contributed by atoms with Gasteiger partial charge in [-0.3, -0.25) is 4.79 Å². The number of ether oxygens (including phenoxy) is 3. The van der Waals surface area contributed by atoms with Gasteiger partial charge in [0.1, 0.15) is 17.2 Å². The summed E-state index contributed by atoms with van der Waals surface area (Å²) in [4.78, 5) is 13.7. The van der Waals surface area contributed by atoms with Gasteiger partial charge in [-0.05, 0) is 76.8 Å². The number of carbonyl (C=O) groups excluding carboxylic acids is 1. The maximum absolute atomic E-state index is 13.7. The van der Waals surface area contributed by atoms with Crippen molar-refractivity contribution in [3.05, 3.63) is 93.6 Å². The van der Waals surface area contributed by atoms with E-state index in [1.165, 1.54) is 22.3 Å². The Morgan fingerprint density at radius 3 is 2.49 bits per heavy atom. The zero-order chi connectivity index (χ0) is 25.5. The summed E-state index contributed by atoms with van der Waals surface area (Å²) in [6.45, 7) is 0. The molecule has 1 N–H and O–H groups in total. The lowest BCUT2D eigenvalue weighted by Gasteiger charge is -2.48. The molecule has 0 amide bonds. The molecule has 3 aromatic carbocycles. The van der Waals surface area contributed by atoms with Crippen LogP contribution in [-0.2, 0) is 16.6 Å². The molecule has 3 aromatic rings. The second-order valence-electron chi connectivity index (χ2n) is 10.6. The maximum Gasteiger partial charge on any atom is 0.167 e. The summed E-state index contributed by atoms with van der Waals surface area (Å²) in [5.74, 6) is 2.00. The molecule has 0 radical (unpaired) electrons. The number of methoxy groups -OCH3 is 3. The van der Waals surface area contributed by atoms with Gasteiger partial charge in [0, 0.05) is 30.4 Å². The number of benzene rings is 3. The van der Waals surface area contributed by atoms with Crippen LogP contribution >= 0.6 is 0 Å². The Morgan fingerprint density at radius 1 is 0.919 bits per heavy atom. The number of fused-ring (bicyclic) bond motifs is 4. The van der Waals surface area contributed by atoms with E-state index in [4.69, 9.17) is 14.2 Å². The van der Waals surface area contributed by atoms with Crippen molar-refractivity contribution in [2.45, 2.75) is 43.1 Å². The first kappa shape index (κ1) is 22.6. The number of ketones is 1. The lowest BCUT2D eigenvalue weighted by molar-refractivity contribution is 0.0905. The highest BCUT2D eigenvalue weighted by atomic mass is 16.5. The normalized spacial score (nSPS) is 26.6. The molecule has 4 aliphatic rings. The Labute approximate surface area is 216 Å². The Hall–Kier alpha value is -3.57. The molecule has 188 valence electrons. The van der Waals surface area contributed by atoms with Crippen LogP contribution in [0.25, 0.3) is 5.57 Å². The van der Waals surface area contributed by atoms with Crippen molar-refractivity contribution in [1.29, 1.82) is 0 Å². The van der Waals surface area contributed by atoms with Crippen LogP contribution < -0.4 is 9.47 Å². The van der Waals surface area contributed by atoms with Crippen LogP contribution in [0.4, 0.5) is 0 Å². The van der Waals surface area contributed by atoms with Crippen LogP contribution in [0.2, 0.25) is 0 Å². The third-order valence-electron chi connectivity index (χ3n) is 9.37. The van der Waals surface area contributed by atoms with Crippen molar-refractivity contribution < 1.29 is 24.1 Å². The van der Waals surface area contributed by atoms with Crippen molar-refractivity contribution in [2.75, 3.05) is 21.3 Å². The summed E-state index contributed by atoms with van der Waals surface area (Å²) in [6, 6.07) is 16.3. The molecule has 1 spiro atoms. The van der Waals surface area contributed by atoms with Crippen LogP contribution in [-0.4, -0.2) is 32.2 Å². The smallest absolute Gasteiger partial charge is 0.167 e. The van der Waals surface area contributed by atoms with E-state index in [1.807, 2.05) is 24.3 Å². The highest BCUT2D eigenvalue weighted by molar-refractivity contribution is 6.05. The molecular formula is C32H30O5. The number of Topliss-reactive ketones (excluding diaryl/α,β-unsaturated/α-hetero) is 1. The third kappa shape index (κ3) is 2.70. The molecule has 37 heavy (non-hydrogen) atoms. The molecule has 4 atom stereocenters. The number of hydrogen-bond acceptors (Lipinski definition) is 5. The van der Waals surface area contributed by atoms with Crippen LogP contribution in [0.5, 0.6) is 17.2 Å². The SMILES string of the molecule is COc1cccc2c1CC[C@@H]1CC(=O)c3c(OC)cccc3[C@@]13C1=CCC(OC)c4c(O)ccc(c41)C23. The van der Waals surface area contributed by atoms with Crippen molar-refractivity contribution in [3.8, 4) is 17.2 Å². The molecule has 0 saturated heterocycles. The Kier molecular flexibility index (Phi) is 4.87. The molecule has 0 heterocycles. The van der Waals surface area contributed by atoms with Gasteiger partial charge in [0.05, 0.1) is 25.9 Å². The summed E-state index contributed by atoms with van der Waals surface area (Å²) < 4.78 is 17.5. The van der Waals surface area contributed by atoms with E-state index < -0.39 is 5.41 Å². The molecule has 5 nitrogen and oxygen atoms in total.